The smallest absolute Gasteiger partial charge is 0.287 e. The molecule has 0 unspecified atom stereocenters. The molecule has 4 saturated carbocycles. The zero-order valence-corrected chi connectivity index (χ0v) is 20.4. The second kappa shape index (κ2) is 9.48. The lowest BCUT2D eigenvalue weighted by atomic mass is 9.53. The highest BCUT2D eigenvalue weighted by molar-refractivity contribution is 6.37. The summed E-state index contributed by atoms with van der Waals surface area (Å²) in [5, 5.41) is 3.16. The summed E-state index contributed by atoms with van der Waals surface area (Å²) in [6.45, 7) is 0. The number of rotatable bonds is 9. The van der Waals surface area contributed by atoms with Crippen LogP contribution >= 0.6 is 0 Å². The average molecular weight is 476 g/mol. The molecule has 4 bridgehead atoms. The van der Waals surface area contributed by atoms with E-state index in [0.29, 0.717) is 40.4 Å². The van der Waals surface area contributed by atoms with Gasteiger partial charge in [-0.3, -0.25) is 14.4 Å². The zero-order chi connectivity index (χ0) is 24.6. The number of hydrogen-bond donors (Lipinski definition) is 1. The largest absolute Gasteiger partial charge is 0.497 e. The first-order chi connectivity index (χ1) is 16.9. The maximum absolute atomic E-state index is 13.5. The van der Waals surface area contributed by atoms with Gasteiger partial charge in [-0.2, -0.15) is 0 Å². The van der Waals surface area contributed by atoms with E-state index in [0.717, 1.165) is 19.3 Å². The minimum absolute atomic E-state index is 0.171. The maximum Gasteiger partial charge on any atom is 0.287 e. The molecule has 2 aromatic carbocycles. The third kappa shape index (κ3) is 4.84. The van der Waals surface area contributed by atoms with Gasteiger partial charge in [-0.25, -0.2) is 0 Å². The van der Waals surface area contributed by atoms with Gasteiger partial charge in [0.25, 0.3) is 5.91 Å². The van der Waals surface area contributed by atoms with Crippen LogP contribution in [-0.4, -0.2) is 37.2 Å². The third-order valence-corrected chi connectivity index (χ3v) is 8.27. The number of hydrogen-bond acceptors (Lipinski definition) is 5. The van der Waals surface area contributed by atoms with Gasteiger partial charge in [0.1, 0.15) is 11.5 Å². The number of ether oxygens (including phenoxy) is 2. The van der Waals surface area contributed by atoms with E-state index in [1.807, 2.05) is 0 Å². The van der Waals surface area contributed by atoms with Crippen molar-refractivity contribution in [1.29, 1.82) is 0 Å². The van der Waals surface area contributed by atoms with Gasteiger partial charge in [-0.05, 0) is 98.2 Å². The SMILES string of the molecule is COc1ccc(C(=O)[C@@H](CC(=O)C(=O)NC23CC4CC(CC(C4)C2)C3)c2ccc(OC)cc2)cc1. The quantitative estimate of drug-likeness (QED) is 0.419. The van der Waals surface area contributed by atoms with Crippen molar-refractivity contribution in [1.82, 2.24) is 5.32 Å². The first-order valence-corrected chi connectivity index (χ1v) is 12.6. The van der Waals surface area contributed by atoms with E-state index < -0.39 is 17.6 Å². The van der Waals surface area contributed by atoms with Crippen molar-refractivity contribution in [2.45, 2.75) is 56.4 Å². The van der Waals surface area contributed by atoms with Crippen molar-refractivity contribution in [2.24, 2.45) is 17.8 Å². The summed E-state index contributed by atoms with van der Waals surface area (Å²) in [4.78, 5) is 39.8. The Kier molecular flexibility index (Phi) is 6.39. The van der Waals surface area contributed by atoms with Crippen molar-refractivity contribution in [3.8, 4) is 11.5 Å². The van der Waals surface area contributed by atoms with E-state index in [4.69, 9.17) is 9.47 Å². The molecule has 0 heterocycles. The summed E-state index contributed by atoms with van der Waals surface area (Å²) in [6, 6.07) is 13.9. The van der Waals surface area contributed by atoms with E-state index in [-0.39, 0.29) is 17.7 Å². The molecule has 0 aliphatic heterocycles. The highest BCUT2D eigenvalue weighted by atomic mass is 16.5. The van der Waals surface area contributed by atoms with Gasteiger partial charge in [0.15, 0.2) is 5.78 Å². The molecule has 35 heavy (non-hydrogen) atoms. The van der Waals surface area contributed by atoms with Gasteiger partial charge >= 0.3 is 0 Å². The fourth-order valence-electron chi connectivity index (χ4n) is 7.01. The predicted octanol–water partition coefficient (Wildman–Crippen LogP) is 4.71. The van der Waals surface area contributed by atoms with Crippen LogP contribution in [0.1, 0.15) is 66.8 Å². The summed E-state index contributed by atoms with van der Waals surface area (Å²) in [5.41, 5.74) is 0.917. The van der Waals surface area contributed by atoms with Crippen LogP contribution in [0, 0.1) is 17.8 Å². The molecule has 1 atom stereocenters. The number of methoxy groups -OCH3 is 2. The van der Waals surface area contributed by atoms with Crippen molar-refractivity contribution >= 4 is 17.5 Å². The Labute approximate surface area is 206 Å². The number of benzene rings is 2. The van der Waals surface area contributed by atoms with E-state index in [2.05, 4.69) is 5.32 Å². The van der Waals surface area contributed by atoms with Crippen molar-refractivity contribution < 1.29 is 23.9 Å². The minimum atomic E-state index is -0.760. The minimum Gasteiger partial charge on any atom is -0.497 e. The molecule has 6 rings (SSSR count). The number of Topliss-reactive ketones (excluding diaryl/α,β-unsaturated/α-hetero) is 2. The number of carbonyl (C=O) groups is 3. The van der Waals surface area contributed by atoms with E-state index in [1.54, 1.807) is 62.8 Å². The van der Waals surface area contributed by atoms with Crippen LogP contribution in [0.25, 0.3) is 0 Å². The number of carbonyl (C=O) groups excluding carboxylic acids is 3. The highest BCUT2D eigenvalue weighted by Gasteiger charge is 2.52. The fourth-order valence-corrected chi connectivity index (χ4v) is 7.01. The Morgan fingerprint density at radius 1 is 0.829 bits per heavy atom. The number of nitrogens with one attached hydrogen (secondary N) is 1. The normalized spacial score (nSPS) is 27.2. The first kappa shape index (κ1) is 23.6. The topological polar surface area (TPSA) is 81.7 Å². The maximum atomic E-state index is 13.5. The van der Waals surface area contributed by atoms with Crippen LogP contribution in [0.3, 0.4) is 0 Å². The average Bonchev–Trinajstić information content (AvgIpc) is 2.85. The Morgan fingerprint density at radius 2 is 1.31 bits per heavy atom. The third-order valence-electron chi connectivity index (χ3n) is 8.27. The van der Waals surface area contributed by atoms with Crippen molar-refractivity contribution in [2.75, 3.05) is 14.2 Å². The molecule has 1 N–H and O–H groups in total. The predicted molar refractivity (Wildman–Crippen MR) is 132 cm³/mol. The molecule has 2 aromatic rings. The van der Waals surface area contributed by atoms with Crippen LogP contribution in [0.5, 0.6) is 11.5 Å². The molecule has 1 amide bonds. The van der Waals surface area contributed by atoms with Crippen LogP contribution < -0.4 is 14.8 Å². The molecule has 0 aromatic heterocycles. The second-order valence-electron chi connectivity index (χ2n) is 10.7. The Balaban J connectivity index is 1.34. The van der Waals surface area contributed by atoms with Gasteiger partial charge in [0.05, 0.1) is 20.1 Å². The van der Waals surface area contributed by atoms with Gasteiger partial charge < -0.3 is 14.8 Å². The van der Waals surface area contributed by atoms with Gasteiger partial charge in [-0.1, -0.05) is 12.1 Å². The molecular formula is C29H33NO5. The summed E-state index contributed by atoms with van der Waals surface area (Å²) in [5.74, 6) is 1.26. The Hall–Kier alpha value is -3.15. The Morgan fingerprint density at radius 3 is 1.80 bits per heavy atom. The van der Waals surface area contributed by atoms with Crippen LogP contribution in [-0.2, 0) is 9.59 Å². The molecule has 6 heteroatoms. The van der Waals surface area contributed by atoms with E-state index in [1.165, 1.54) is 19.3 Å². The highest BCUT2D eigenvalue weighted by Crippen LogP contribution is 2.55. The van der Waals surface area contributed by atoms with Crippen LogP contribution in [0.2, 0.25) is 0 Å². The van der Waals surface area contributed by atoms with Crippen LogP contribution in [0.15, 0.2) is 48.5 Å². The van der Waals surface area contributed by atoms with Gasteiger partial charge in [0, 0.05) is 17.5 Å². The number of amides is 1. The lowest BCUT2D eigenvalue weighted by Crippen LogP contribution is -2.60. The van der Waals surface area contributed by atoms with Gasteiger partial charge in [0.2, 0.25) is 5.78 Å². The summed E-state index contributed by atoms with van der Waals surface area (Å²) in [7, 11) is 3.14. The zero-order valence-electron chi connectivity index (χ0n) is 20.4. The monoisotopic (exact) mass is 475 g/mol. The summed E-state index contributed by atoms with van der Waals surface area (Å²) < 4.78 is 10.4. The molecular weight excluding hydrogens is 442 g/mol. The van der Waals surface area contributed by atoms with Crippen LogP contribution in [0.4, 0.5) is 0 Å². The summed E-state index contributed by atoms with van der Waals surface area (Å²) in [6.07, 6.45) is 6.55. The molecule has 0 saturated heterocycles. The molecule has 0 radical (unpaired) electrons. The van der Waals surface area contributed by atoms with Crippen molar-refractivity contribution in [3.63, 3.8) is 0 Å². The molecule has 4 aliphatic carbocycles. The standard InChI is InChI=1S/C29H33NO5/c1-34-23-7-3-21(4-8-23)25(27(32)22-5-9-24(35-2)10-6-22)14-26(31)28(33)30-29-15-18-11-19(16-29)13-20(12-18)17-29/h3-10,18-20,25H,11-17H2,1-2H3,(H,30,33)/t18?,19?,20?,25-,29?/m0/s1. The molecule has 0 spiro atoms. The van der Waals surface area contributed by atoms with Crippen molar-refractivity contribution in [3.05, 3.63) is 59.7 Å². The first-order valence-electron chi connectivity index (χ1n) is 12.6. The van der Waals surface area contributed by atoms with E-state index in [9.17, 15) is 14.4 Å². The Bertz CT molecular complexity index is 1070. The van der Waals surface area contributed by atoms with E-state index >= 15 is 0 Å². The fraction of sp³-hybridized carbons (Fsp3) is 0.483. The molecule has 4 aliphatic rings. The molecule has 4 fully saturated rings. The van der Waals surface area contributed by atoms with Gasteiger partial charge in [-0.15, -0.1) is 0 Å². The molecule has 6 nitrogen and oxygen atoms in total. The second-order valence-corrected chi connectivity index (χ2v) is 10.7. The summed E-state index contributed by atoms with van der Waals surface area (Å²) >= 11 is 0. The lowest BCUT2D eigenvalue weighted by molar-refractivity contribution is -0.141. The lowest BCUT2D eigenvalue weighted by Gasteiger charge is -2.56. The molecule has 184 valence electrons. The number of ketones is 2.